The summed E-state index contributed by atoms with van der Waals surface area (Å²) in [6.45, 7) is 6.25. The van der Waals surface area contributed by atoms with Gasteiger partial charge in [-0.25, -0.2) is 0 Å². The van der Waals surface area contributed by atoms with Crippen LogP contribution >= 0.6 is 15.9 Å². The summed E-state index contributed by atoms with van der Waals surface area (Å²) >= 11 is 3.69. The Labute approximate surface area is 209 Å². The fourth-order valence-corrected chi connectivity index (χ4v) is 10.2. The van der Waals surface area contributed by atoms with Gasteiger partial charge in [0.15, 0.2) is 0 Å². The quantitative estimate of drug-likeness (QED) is 0.416. The topological polar surface area (TPSA) is 129 Å². The molecule has 0 aromatic heterocycles. The van der Waals surface area contributed by atoms with Gasteiger partial charge >= 0.3 is 17.9 Å². The van der Waals surface area contributed by atoms with E-state index < -0.39 is 40.0 Å². The molecule has 0 heterocycles. The number of alkyl halides is 1. The van der Waals surface area contributed by atoms with Gasteiger partial charge in [-0.1, -0.05) is 36.7 Å². The van der Waals surface area contributed by atoms with Gasteiger partial charge in [0.25, 0.3) is 0 Å². The molecule has 0 bridgehead atoms. The standard InChI is InChI=1S/C26H37BrO7/c1-12(4-7-19(28)29)14-5-6-15-20-16(11-18(24(33)34)26(14,15)3)25(2)9-8-13(23(31)32)10-17(25)21(27)22(20)30/h12-18,20-21H,4-11H2,1-3H3,(H,28,29)(H,31,32)(H,33,34)/t12-,13+,14+,15+,16-,17-,18+,20+,21+,25+,26+/m0/s1. The lowest BCUT2D eigenvalue weighted by atomic mass is 9.41. The summed E-state index contributed by atoms with van der Waals surface area (Å²) in [5.74, 6) is -3.74. The molecule has 0 aromatic rings. The monoisotopic (exact) mass is 540 g/mol. The second-order valence-corrected chi connectivity index (χ2v) is 13.0. The highest BCUT2D eigenvalue weighted by Crippen LogP contribution is 2.70. The normalized spacial score (nSPS) is 46.6. The van der Waals surface area contributed by atoms with Gasteiger partial charge in [-0.15, -0.1) is 0 Å². The van der Waals surface area contributed by atoms with Gasteiger partial charge in [-0.05, 0) is 85.4 Å². The van der Waals surface area contributed by atoms with Crippen LogP contribution in [0.1, 0.15) is 72.1 Å². The van der Waals surface area contributed by atoms with Gasteiger partial charge in [0, 0.05) is 12.3 Å². The Bertz CT molecular complexity index is 888. The molecule has 0 unspecified atom stereocenters. The second kappa shape index (κ2) is 8.90. The van der Waals surface area contributed by atoms with Gasteiger partial charge in [-0.3, -0.25) is 19.2 Å². The Morgan fingerprint density at radius 2 is 1.68 bits per heavy atom. The second-order valence-electron chi connectivity index (χ2n) is 12.1. The van der Waals surface area contributed by atoms with Crippen LogP contribution in [0.2, 0.25) is 0 Å². The first-order valence-corrected chi connectivity index (χ1v) is 13.6. The van der Waals surface area contributed by atoms with Crippen molar-refractivity contribution >= 4 is 39.6 Å². The molecule has 0 spiro atoms. The molecule has 4 saturated carbocycles. The Hall–Kier alpha value is -1.44. The van der Waals surface area contributed by atoms with Crippen LogP contribution in [0.25, 0.3) is 0 Å². The molecular weight excluding hydrogens is 504 g/mol. The summed E-state index contributed by atoms with van der Waals surface area (Å²) < 4.78 is 0. The zero-order valence-electron chi connectivity index (χ0n) is 20.2. The zero-order chi connectivity index (χ0) is 25.2. The summed E-state index contributed by atoms with van der Waals surface area (Å²) in [6.07, 6.45) is 4.32. The lowest BCUT2D eigenvalue weighted by Gasteiger charge is -2.62. The molecule has 34 heavy (non-hydrogen) atoms. The predicted molar refractivity (Wildman–Crippen MR) is 127 cm³/mol. The largest absolute Gasteiger partial charge is 0.481 e. The fraction of sp³-hybridized carbons (Fsp3) is 0.846. The Morgan fingerprint density at radius 3 is 2.26 bits per heavy atom. The molecule has 0 amide bonds. The van der Waals surface area contributed by atoms with Crippen LogP contribution in [-0.4, -0.2) is 43.8 Å². The number of carbonyl (C=O) groups excluding carboxylic acids is 1. The Kier molecular flexibility index (Phi) is 6.71. The van der Waals surface area contributed by atoms with Crippen LogP contribution in [0.5, 0.6) is 0 Å². The molecule has 8 heteroatoms. The smallest absolute Gasteiger partial charge is 0.307 e. The first-order valence-electron chi connectivity index (χ1n) is 12.7. The van der Waals surface area contributed by atoms with E-state index in [9.17, 15) is 34.5 Å². The molecule has 0 aliphatic heterocycles. The summed E-state index contributed by atoms with van der Waals surface area (Å²) in [6, 6.07) is 0. The highest BCUT2D eigenvalue weighted by molar-refractivity contribution is 9.10. The SMILES string of the molecule is C[C@@H](CCC(=O)O)[C@H]1CC[C@@H]2[C@H]3C(=O)[C@H](Br)[C@@H]4C[C@H](C(=O)O)CC[C@]4(C)[C@H]3C[C@H](C(=O)O)[C@@]21C. The van der Waals surface area contributed by atoms with Crippen molar-refractivity contribution in [3.63, 3.8) is 0 Å². The highest BCUT2D eigenvalue weighted by atomic mass is 79.9. The minimum absolute atomic E-state index is 0.0489. The van der Waals surface area contributed by atoms with Crippen molar-refractivity contribution in [3.05, 3.63) is 0 Å². The van der Waals surface area contributed by atoms with Crippen molar-refractivity contribution in [1.29, 1.82) is 0 Å². The van der Waals surface area contributed by atoms with Gasteiger partial charge in [-0.2, -0.15) is 0 Å². The summed E-state index contributed by atoms with van der Waals surface area (Å²) in [4.78, 5) is 49.0. The third-order valence-corrected chi connectivity index (χ3v) is 11.9. The number of fused-ring (bicyclic) bond motifs is 5. The van der Waals surface area contributed by atoms with Gasteiger partial charge < -0.3 is 15.3 Å². The van der Waals surface area contributed by atoms with Gasteiger partial charge in [0.1, 0.15) is 5.78 Å². The number of carboxylic acid groups (broad SMARTS) is 3. The molecule has 4 aliphatic rings. The first kappa shape index (κ1) is 25.6. The van der Waals surface area contributed by atoms with E-state index in [0.29, 0.717) is 32.1 Å². The lowest BCUT2D eigenvalue weighted by Crippen LogP contribution is -2.63. The zero-order valence-corrected chi connectivity index (χ0v) is 21.8. The van der Waals surface area contributed by atoms with E-state index in [4.69, 9.17) is 0 Å². The van der Waals surface area contributed by atoms with Crippen molar-refractivity contribution in [2.24, 2.45) is 58.2 Å². The molecular formula is C26H37BrO7. The number of halogens is 1. The molecule has 4 rings (SSSR count). The molecule has 3 N–H and O–H groups in total. The van der Waals surface area contributed by atoms with E-state index in [0.717, 1.165) is 12.8 Å². The predicted octanol–water partition coefficient (Wildman–Crippen LogP) is 4.71. The van der Waals surface area contributed by atoms with Crippen LogP contribution in [-0.2, 0) is 19.2 Å². The fourth-order valence-electron chi connectivity index (χ4n) is 9.05. The molecule has 4 aliphatic carbocycles. The highest BCUT2D eigenvalue weighted by Gasteiger charge is 2.69. The van der Waals surface area contributed by atoms with Crippen LogP contribution in [0, 0.1) is 58.2 Å². The van der Waals surface area contributed by atoms with Crippen LogP contribution in [0.4, 0.5) is 0 Å². The minimum atomic E-state index is -0.842. The number of hydrogen-bond donors (Lipinski definition) is 3. The number of Topliss-reactive ketones (excluding diaryl/α,β-unsaturated/α-hetero) is 1. The van der Waals surface area contributed by atoms with Crippen molar-refractivity contribution in [3.8, 4) is 0 Å². The Morgan fingerprint density at radius 1 is 1.00 bits per heavy atom. The van der Waals surface area contributed by atoms with Crippen molar-refractivity contribution < 1.29 is 34.5 Å². The van der Waals surface area contributed by atoms with Crippen molar-refractivity contribution in [2.75, 3.05) is 0 Å². The maximum atomic E-state index is 13.9. The summed E-state index contributed by atoms with van der Waals surface area (Å²) in [5.41, 5.74) is -0.838. The maximum absolute atomic E-state index is 13.9. The first-order chi connectivity index (χ1) is 15.8. The van der Waals surface area contributed by atoms with E-state index in [1.54, 1.807) is 0 Å². The van der Waals surface area contributed by atoms with Crippen molar-refractivity contribution in [1.82, 2.24) is 0 Å². The van der Waals surface area contributed by atoms with Gasteiger partial charge in [0.05, 0.1) is 16.7 Å². The summed E-state index contributed by atoms with van der Waals surface area (Å²) in [7, 11) is 0. The third-order valence-electron chi connectivity index (χ3n) is 10.9. The van der Waals surface area contributed by atoms with Crippen LogP contribution in [0.3, 0.4) is 0 Å². The van der Waals surface area contributed by atoms with E-state index in [1.807, 2.05) is 13.8 Å². The number of rotatable bonds is 6. The van der Waals surface area contributed by atoms with Crippen LogP contribution < -0.4 is 0 Å². The molecule has 0 aromatic carbocycles. The van der Waals surface area contributed by atoms with E-state index in [2.05, 4.69) is 22.9 Å². The molecule has 0 saturated heterocycles. The number of aliphatic carboxylic acids is 3. The minimum Gasteiger partial charge on any atom is -0.481 e. The van der Waals surface area contributed by atoms with E-state index in [-0.39, 0.29) is 53.1 Å². The van der Waals surface area contributed by atoms with Gasteiger partial charge in [0.2, 0.25) is 0 Å². The number of carboxylic acids is 3. The lowest BCUT2D eigenvalue weighted by molar-refractivity contribution is -0.181. The van der Waals surface area contributed by atoms with E-state index >= 15 is 0 Å². The van der Waals surface area contributed by atoms with Crippen molar-refractivity contribution in [2.45, 2.75) is 77.0 Å². The number of ketones is 1. The average Bonchev–Trinajstić information content (AvgIpc) is 3.12. The van der Waals surface area contributed by atoms with Crippen LogP contribution in [0.15, 0.2) is 0 Å². The maximum Gasteiger partial charge on any atom is 0.307 e. The molecule has 0 radical (unpaired) electrons. The molecule has 7 nitrogen and oxygen atoms in total. The molecule has 4 fully saturated rings. The number of hydrogen-bond acceptors (Lipinski definition) is 4. The third kappa shape index (κ3) is 3.73. The molecule has 11 atom stereocenters. The number of carbonyl (C=O) groups is 4. The Balaban J connectivity index is 1.71. The average molecular weight is 541 g/mol. The molecule has 190 valence electrons. The summed E-state index contributed by atoms with van der Waals surface area (Å²) in [5, 5.41) is 29.2. The van der Waals surface area contributed by atoms with E-state index in [1.165, 1.54) is 0 Å².